The maximum atomic E-state index is 12.2. The van der Waals surface area contributed by atoms with E-state index < -0.39 is 6.04 Å². The van der Waals surface area contributed by atoms with Gasteiger partial charge >= 0.3 is 0 Å². The number of ketones is 1. The maximum Gasteiger partial charge on any atom is 0.220 e. The van der Waals surface area contributed by atoms with Gasteiger partial charge in [-0.05, 0) is 38.1 Å². The monoisotopic (exact) mass is 313 g/mol. The minimum absolute atomic E-state index is 0.0229. The number of Topliss-reactive ketones (excluding diaryl/α,β-unsaturated/α-hetero) is 1. The number of primary amides is 1. The Morgan fingerprint density at radius 1 is 0.909 bits per heavy atom. The zero-order valence-corrected chi connectivity index (χ0v) is 13.9. The molecule has 6 heteroatoms. The minimum Gasteiger partial charge on any atom is -0.370 e. The van der Waals surface area contributed by atoms with Gasteiger partial charge in [0.15, 0.2) is 5.78 Å². The van der Waals surface area contributed by atoms with Crippen LogP contribution in [0, 0.1) is 5.92 Å². The predicted molar refractivity (Wildman–Crippen MR) is 87.0 cm³/mol. The van der Waals surface area contributed by atoms with Crippen molar-refractivity contribution < 1.29 is 14.4 Å². The van der Waals surface area contributed by atoms with Gasteiger partial charge in [0.25, 0.3) is 0 Å². The molecule has 0 radical (unpaired) electrons. The number of carbonyl (C=O) groups excluding carboxylic acids is 3. The van der Waals surface area contributed by atoms with Crippen molar-refractivity contribution in [2.75, 3.05) is 6.54 Å². The molecular formula is C16H31N3O3. The molecule has 0 rings (SSSR count). The third-order valence-corrected chi connectivity index (χ3v) is 3.53. The SMILES string of the molecule is CC(C)C(NC(=O)CCCCCN)C(=O)CCCCC(N)=O. The molecule has 22 heavy (non-hydrogen) atoms. The maximum absolute atomic E-state index is 12.2. The number of nitrogens with one attached hydrogen (secondary N) is 1. The molecule has 0 aromatic heterocycles. The Kier molecular flexibility index (Phi) is 11.4. The minimum atomic E-state index is -0.449. The summed E-state index contributed by atoms with van der Waals surface area (Å²) in [5.74, 6) is -0.355. The number of amides is 2. The Morgan fingerprint density at radius 3 is 2.05 bits per heavy atom. The zero-order chi connectivity index (χ0) is 17.0. The van der Waals surface area contributed by atoms with E-state index >= 15 is 0 Å². The Morgan fingerprint density at radius 2 is 1.50 bits per heavy atom. The first-order valence-electron chi connectivity index (χ1n) is 8.19. The van der Waals surface area contributed by atoms with Crippen molar-refractivity contribution in [3.05, 3.63) is 0 Å². The average molecular weight is 313 g/mol. The van der Waals surface area contributed by atoms with Gasteiger partial charge in [-0.1, -0.05) is 20.3 Å². The fourth-order valence-corrected chi connectivity index (χ4v) is 2.23. The molecule has 0 aliphatic rings. The molecule has 0 aliphatic heterocycles. The van der Waals surface area contributed by atoms with Gasteiger partial charge in [0.2, 0.25) is 11.8 Å². The van der Waals surface area contributed by atoms with Gasteiger partial charge in [-0.3, -0.25) is 14.4 Å². The van der Waals surface area contributed by atoms with Crippen LogP contribution in [0.2, 0.25) is 0 Å². The summed E-state index contributed by atoms with van der Waals surface area (Å²) in [4.78, 5) is 34.7. The van der Waals surface area contributed by atoms with Gasteiger partial charge in [-0.2, -0.15) is 0 Å². The van der Waals surface area contributed by atoms with Crippen LogP contribution in [0.1, 0.15) is 65.2 Å². The Hall–Kier alpha value is -1.43. The summed E-state index contributed by atoms with van der Waals surface area (Å²) in [6.45, 7) is 4.47. The summed E-state index contributed by atoms with van der Waals surface area (Å²) < 4.78 is 0. The van der Waals surface area contributed by atoms with E-state index in [9.17, 15) is 14.4 Å². The van der Waals surface area contributed by atoms with Crippen molar-refractivity contribution in [2.45, 2.75) is 71.3 Å². The second-order valence-corrected chi connectivity index (χ2v) is 6.03. The lowest BCUT2D eigenvalue weighted by Gasteiger charge is -2.21. The molecule has 5 N–H and O–H groups in total. The van der Waals surface area contributed by atoms with Crippen LogP contribution in [0.25, 0.3) is 0 Å². The first kappa shape index (κ1) is 20.6. The van der Waals surface area contributed by atoms with E-state index in [1.807, 2.05) is 13.8 Å². The molecule has 128 valence electrons. The van der Waals surface area contributed by atoms with E-state index in [2.05, 4.69) is 5.32 Å². The number of hydrogen-bond donors (Lipinski definition) is 3. The second-order valence-electron chi connectivity index (χ2n) is 6.03. The molecule has 0 saturated heterocycles. The summed E-state index contributed by atoms with van der Waals surface area (Å²) in [5, 5.41) is 2.83. The molecule has 0 bridgehead atoms. The van der Waals surface area contributed by atoms with E-state index in [-0.39, 0.29) is 23.5 Å². The fraction of sp³-hybridized carbons (Fsp3) is 0.812. The van der Waals surface area contributed by atoms with Gasteiger partial charge in [0, 0.05) is 19.3 Å². The van der Waals surface area contributed by atoms with Gasteiger partial charge in [0.1, 0.15) is 0 Å². The first-order valence-corrected chi connectivity index (χ1v) is 8.19. The normalized spacial score (nSPS) is 12.2. The summed E-state index contributed by atoms with van der Waals surface area (Å²) in [6, 6.07) is -0.449. The van der Waals surface area contributed by atoms with Crippen LogP contribution in [0.4, 0.5) is 0 Å². The highest BCUT2D eigenvalue weighted by Crippen LogP contribution is 2.10. The number of hydrogen-bond acceptors (Lipinski definition) is 4. The highest BCUT2D eigenvalue weighted by atomic mass is 16.2. The standard InChI is InChI=1S/C16H31N3O3/c1-12(2)16(13(20)8-5-6-9-14(18)21)19-15(22)10-4-3-7-11-17/h12,16H,3-11,17H2,1-2H3,(H2,18,21)(H,19,22). The molecule has 2 amide bonds. The Balaban J connectivity index is 4.14. The van der Waals surface area contributed by atoms with Crippen molar-refractivity contribution >= 4 is 17.6 Å². The summed E-state index contributed by atoms with van der Waals surface area (Å²) >= 11 is 0. The van der Waals surface area contributed by atoms with Gasteiger partial charge in [-0.25, -0.2) is 0 Å². The van der Waals surface area contributed by atoms with Crippen molar-refractivity contribution in [3.63, 3.8) is 0 Å². The predicted octanol–water partition coefficient (Wildman–Crippen LogP) is 1.26. The number of nitrogens with two attached hydrogens (primary N) is 2. The Bertz CT molecular complexity index is 357. The number of unbranched alkanes of at least 4 members (excludes halogenated alkanes) is 3. The summed E-state index contributed by atoms with van der Waals surface area (Å²) in [7, 11) is 0. The van der Waals surface area contributed by atoms with Crippen LogP contribution in [-0.2, 0) is 14.4 Å². The third-order valence-electron chi connectivity index (χ3n) is 3.53. The summed E-state index contributed by atoms with van der Waals surface area (Å²) in [6.07, 6.45) is 4.96. The van der Waals surface area contributed by atoms with Gasteiger partial charge in [0.05, 0.1) is 6.04 Å². The van der Waals surface area contributed by atoms with Crippen molar-refractivity contribution in [3.8, 4) is 0 Å². The van der Waals surface area contributed by atoms with Crippen LogP contribution in [0.3, 0.4) is 0 Å². The van der Waals surface area contributed by atoms with Crippen LogP contribution < -0.4 is 16.8 Å². The molecule has 0 fully saturated rings. The number of carbonyl (C=O) groups is 3. The molecule has 0 aliphatic carbocycles. The van der Waals surface area contributed by atoms with E-state index in [1.54, 1.807) is 0 Å². The van der Waals surface area contributed by atoms with Crippen LogP contribution in [-0.4, -0.2) is 30.2 Å². The van der Waals surface area contributed by atoms with Crippen molar-refractivity contribution in [1.29, 1.82) is 0 Å². The molecule has 0 heterocycles. The molecule has 6 nitrogen and oxygen atoms in total. The molecule has 0 aromatic carbocycles. The lowest BCUT2D eigenvalue weighted by atomic mass is 9.95. The van der Waals surface area contributed by atoms with Gasteiger partial charge in [-0.15, -0.1) is 0 Å². The van der Waals surface area contributed by atoms with Crippen molar-refractivity contribution in [2.24, 2.45) is 17.4 Å². The van der Waals surface area contributed by atoms with E-state index in [4.69, 9.17) is 11.5 Å². The lowest BCUT2D eigenvalue weighted by Crippen LogP contribution is -2.44. The topological polar surface area (TPSA) is 115 Å². The fourth-order valence-electron chi connectivity index (χ4n) is 2.23. The van der Waals surface area contributed by atoms with E-state index in [1.165, 1.54) is 0 Å². The largest absolute Gasteiger partial charge is 0.370 e. The molecule has 1 unspecified atom stereocenters. The highest BCUT2D eigenvalue weighted by Gasteiger charge is 2.23. The molecule has 0 spiro atoms. The molecule has 0 saturated carbocycles. The molecule has 0 aromatic rings. The van der Waals surface area contributed by atoms with Gasteiger partial charge < -0.3 is 16.8 Å². The quantitative estimate of drug-likeness (QED) is 0.444. The smallest absolute Gasteiger partial charge is 0.220 e. The second kappa shape index (κ2) is 12.1. The van der Waals surface area contributed by atoms with Crippen LogP contribution in [0.5, 0.6) is 0 Å². The van der Waals surface area contributed by atoms with E-state index in [0.717, 1.165) is 19.3 Å². The third kappa shape index (κ3) is 10.3. The lowest BCUT2D eigenvalue weighted by molar-refractivity contribution is -0.129. The first-order chi connectivity index (χ1) is 10.4. The molecule has 1 atom stereocenters. The van der Waals surface area contributed by atoms with Crippen molar-refractivity contribution in [1.82, 2.24) is 5.32 Å². The Labute approximate surface area is 133 Å². The van der Waals surface area contributed by atoms with Crippen LogP contribution in [0.15, 0.2) is 0 Å². The highest BCUT2D eigenvalue weighted by molar-refractivity contribution is 5.89. The summed E-state index contributed by atoms with van der Waals surface area (Å²) in [5.41, 5.74) is 10.5. The number of rotatable bonds is 13. The van der Waals surface area contributed by atoms with E-state index in [0.29, 0.717) is 38.6 Å². The molecular weight excluding hydrogens is 282 g/mol. The average Bonchev–Trinajstić information content (AvgIpc) is 2.45. The zero-order valence-electron chi connectivity index (χ0n) is 13.9. The van der Waals surface area contributed by atoms with Crippen LogP contribution >= 0.6 is 0 Å².